The van der Waals surface area contributed by atoms with Crippen molar-refractivity contribution in [1.29, 1.82) is 0 Å². The lowest BCUT2D eigenvalue weighted by atomic mass is 10.2. The van der Waals surface area contributed by atoms with Gasteiger partial charge in [-0.05, 0) is 24.6 Å². The molecule has 1 aromatic heterocycles. The first-order valence-electron chi connectivity index (χ1n) is 6.38. The molecule has 0 saturated heterocycles. The van der Waals surface area contributed by atoms with Crippen molar-refractivity contribution in [1.82, 2.24) is 20.1 Å². The van der Waals surface area contributed by atoms with Crippen molar-refractivity contribution in [2.24, 2.45) is 0 Å². The van der Waals surface area contributed by atoms with E-state index < -0.39 is 0 Å². The van der Waals surface area contributed by atoms with Crippen LogP contribution < -0.4 is 4.90 Å². The number of carbonyl (C=O) groups is 1. The maximum absolute atomic E-state index is 12.1. The maximum Gasteiger partial charge on any atom is 0.293 e. The maximum atomic E-state index is 12.1. The van der Waals surface area contributed by atoms with E-state index in [1.165, 1.54) is 0 Å². The number of benzene rings is 1. The van der Waals surface area contributed by atoms with Gasteiger partial charge in [0.15, 0.2) is 0 Å². The summed E-state index contributed by atoms with van der Waals surface area (Å²) in [6, 6.07) is 8.10. The molecule has 0 spiro atoms. The molecule has 1 N–H and O–H groups in total. The van der Waals surface area contributed by atoms with E-state index in [1.54, 1.807) is 18.9 Å². The second-order valence-electron chi connectivity index (χ2n) is 4.97. The summed E-state index contributed by atoms with van der Waals surface area (Å²) in [7, 11) is 5.74. The van der Waals surface area contributed by atoms with Crippen molar-refractivity contribution in [2.75, 3.05) is 26.0 Å². The van der Waals surface area contributed by atoms with Gasteiger partial charge in [0, 0.05) is 33.4 Å². The Morgan fingerprint density at radius 1 is 1.20 bits per heavy atom. The zero-order chi connectivity index (χ0) is 14.7. The van der Waals surface area contributed by atoms with Crippen LogP contribution in [0.2, 0.25) is 0 Å². The zero-order valence-electron chi connectivity index (χ0n) is 12.2. The second kappa shape index (κ2) is 5.73. The second-order valence-corrected chi connectivity index (χ2v) is 4.97. The third-order valence-electron chi connectivity index (χ3n) is 3.01. The van der Waals surface area contributed by atoms with Crippen molar-refractivity contribution in [2.45, 2.75) is 13.5 Å². The van der Waals surface area contributed by atoms with E-state index in [4.69, 9.17) is 0 Å². The van der Waals surface area contributed by atoms with Crippen molar-refractivity contribution in [3.8, 4) is 0 Å². The van der Waals surface area contributed by atoms with Crippen LogP contribution >= 0.6 is 0 Å². The first-order valence-corrected chi connectivity index (χ1v) is 6.38. The summed E-state index contributed by atoms with van der Waals surface area (Å²) in [5.74, 6) is 0.651. The van der Waals surface area contributed by atoms with Gasteiger partial charge in [0.2, 0.25) is 5.82 Å². The van der Waals surface area contributed by atoms with Gasteiger partial charge in [-0.1, -0.05) is 12.1 Å². The van der Waals surface area contributed by atoms with Gasteiger partial charge in [-0.2, -0.15) is 0 Å². The largest absolute Gasteiger partial charge is 0.378 e. The summed E-state index contributed by atoms with van der Waals surface area (Å²) in [5, 5.41) is 6.56. The molecule has 20 heavy (non-hydrogen) atoms. The van der Waals surface area contributed by atoms with E-state index in [9.17, 15) is 4.79 Å². The number of nitrogens with zero attached hydrogens (tertiary/aromatic N) is 4. The molecule has 1 amide bonds. The van der Waals surface area contributed by atoms with Crippen LogP contribution in [0.5, 0.6) is 0 Å². The molecule has 0 atom stereocenters. The number of aromatic amines is 1. The molecular weight excluding hydrogens is 254 g/mol. The number of hydrogen-bond acceptors (Lipinski definition) is 4. The predicted octanol–water partition coefficient (Wildman–Crippen LogP) is 1.45. The van der Waals surface area contributed by atoms with Crippen molar-refractivity contribution in [3.63, 3.8) is 0 Å². The van der Waals surface area contributed by atoms with Crippen LogP contribution in [0, 0.1) is 6.92 Å². The molecule has 0 radical (unpaired) electrons. The van der Waals surface area contributed by atoms with E-state index in [0.717, 1.165) is 11.3 Å². The fourth-order valence-electron chi connectivity index (χ4n) is 1.85. The van der Waals surface area contributed by atoms with Crippen LogP contribution in [0.4, 0.5) is 5.69 Å². The Labute approximate surface area is 118 Å². The average Bonchev–Trinajstić information content (AvgIpc) is 2.85. The first kappa shape index (κ1) is 14.0. The normalized spacial score (nSPS) is 10.4. The molecule has 1 aromatic carbocycles. The molecule has 0 aliphatic carbocycles. The molecular formula is C14H19N5O. The Hall–Kier alpha value is -2.37. The number of aromatic nitrogens is 3. The molecule has 2 rings (SSSR count). The highest BCUT2D eigenvalue weighted by atomic mass is 16.2. The number of nitrogens with one attached hydrogen (secondary N) is 1. The summed E-state index contributed by atoms with van der Waals surface area (Å²) in [4.78, 5) is 19.8. The highest BCUT2D eigenvalue weighted by Crippen LogP contribution is 2.13. The van der Waals surface area contributed by atoms with Gasteiger partial charge >= 0.3 is 0 Å². The van der Waals surface area contributed by atoms with E-state index >= 15 is 0 Å². The number of amides is 1. The SMILES string of the molecule is Cc1nc(C(=O)N(C)Cc2ccc(N(C)C)cc2)n[nH]1. The first-order chi connectivity index (χ1) is 9.47. The fourth-order valence-corrected chi connectivity index (χ4v) is 1.85. The number of anilines is 1. The van der Waals surface area contributed by atoms with E-state index in [2.05, 4.69) is 15.2 Å². The van der Waals surface area contributed by atoms with E-state index in [1.807, 2.05) is 43.3 Å². The van der Waals surface area contributed by atoms with Gasteiger partial charge in [0.25, 0.3) is 5.91 Å². The molecule has 6 nitrogen and oxygen atoms in total. The number of hydrogen-bond donors (Lipinski definition) is 1. The third kappa shape index (κ3) is 3.14. The summed E-state index contributed by atoms with van der Waals surface area (Å²) < 4.78 is 0. The smallest absolute Gasteiger partial charge is 0.293 e. The van der Waals surface area contributed by atoms with E-state index in [0.29, 0.717) is 12.4 Å². The summed E-state index contributed by atoms with van der Waals surface area (Å²) in [5.41, 5.74) is 2.20. The molecule has 0 saturated carbocycles. The molecule has 0 fully saturated rings. The molecule has 2 aromatic rings. The van der Waals surface area contributed by atoms with Crippen LogP contribution in [0.3, 0.4) is 0 Å². The van der Waals surface area contributed by atoms with Crippen molar-refractivity contribution >= 4 is 11.6 Å². The number of rotatable bonds is 4. The van der Waals surface area contributed by atoms with Crippen LogP contribution in [-0.4, -0.2) is 47.1 Å². The van der Waals surface area contributed by atoms with Crippen LogP contribution in [0.25, 0.3) is 0 Å². The quantitative estimate of drug-likeness (QED) is 0.915. The Bertz CT molecular complexity index is 588. The van der Waals surface area contributed by atoms with Gasteiger partial charge in [-0.15, -0.1) is 5.10 Å². The lowest BCUT2D eigenvalue weighted by molar-refractivity contribution is 0.0773. The fraction of sp³-hybridized carbons (Fsp3) is 0.357. The van der Waals surface area contributed by atoms with Crippen LogP contribution in [0.15, 0.2) is 24.3 Å². The topological polar surface area (TPSA) is 65.1 Å². The lowest BCUT2D eigenvalue weighted by Gasteiger charge is -2.17. The zero-order valence-corrected chi connectivity index (χ0v) is 12.2. The molecule has 6 heteroatoms. The molecule has 0 aliphatic heterocycles. The Morgan fingerprint density at radius 3 is 2.35 bits per heavy atom. The summed E-state index contributed by atoms with van der Waals surface area (Å²) in [6.45, 7) is 2.30. The summed E-state index contributed by atoms with van der Waals surface area (Å²) >= 11 is 0. The van der Waals surface area contributed by atoms with Crippen LogP contribution in [-0.2, 0) is 6.54 Å². The van der Waals surface area contributed by atoms with Crippen molar-refractivity contribution < 1.29 is 4.79 Å². The molecule has 0 unspecified atom stereocenters. The minimum absolute atomic E-state index is 0.189. The molecule has 0 aliphatic rings. The van der Waals surface area contributed by atoms with Gasteiger partial charge in [-0.3, -0.25) is 9.89 Å². The van der Waals surface area contributed by atoms with Gasteiger partial charge in [-0.25, -0.2) is 4.98 Å². The highest BCUT2D eigenvalue weighted by molar-refractivity contribution is 5.90. The Morgan fingerprint density at radius 2 is 1.85 bits per heavy atom. The predicted molar refractivity (Wildman–Crippen MR) is 77.7 cm³/mol. The molecule has 0 bridgehead atoms. The molecule has 1 heterocycles. The van der Waals surface area contributed by atoms with E-state index in [-0.39, 0.29) is 11.7 Å². The Kier molecular flexibility index (Phi) is 4.02. The third-order valence-corrected chi connectivity index (χ3v) is 3.01. The average molecular weight is 273 g/mol. The number of aryl methyl sites for hydroxylation is 1. The van der Waals surface area contributed by atoms with Crippen molar-refractivity contribution in [3.05, 3.63) is 41.5 Å². The highest BCUT2D eigenvalue weighted by Gasteiger charge is 2.16. The number of H-pyrrole nitrogens is 1. The van der Waals surface area contributed by atoms with Crippen LogP contribution in [0.1, 0.15) is 22.0 Å². The number of carbonyl (C=O) groups excluding carboxylic acids is 1. The monoisotopic (exact) mass is 273 g/mol. The minimum Gasteiger partial charge on any atom is -0.378 e. The summed E-state index contributed by atoms with van der Waals surface area (Å²) in [6.07, 6.45) is 0. The van der Waals surface area contributed by atoms with Gasteiger partial charge < -0.3 is 9.80 Å². The van der Waals surface area contributed by atoms with Gasteiger partial charge in [0.1, 0.15) is 5.82 Å². The molecule has 106 valence electrons. The Balaban J connectivity index is 2.03. The minimum atomic E-state index is -0.189. The lowest BCUT2D eigenvalue weighted by Crippen LogP contribution is -2.27. The standard InChI is InChI=1S/C14H19N5O/c1-10-15-13(17-16-10)14(20)19(4)9-11-5-7-12(8-6-11)18(2)3/h5-8H,9H2,1-4H3,(H,15,16,17). The van der Waals surface area contributed by atoms with Gasteiger partial charge in [0.05, 0.1) is 0 Å².